The van der Waals surface area contributed by atoms with Crippen LogP contribution < -0.4 is 0 Å². The zero-order chi connectivity index (χ0) is 8.74. The predicted molar refractivity (Wildman–Crippen MR) is 52.3 cm³/mol. The van der Waals surface area contributed by atoms with Gasteiger partial charge in [0.05, 0.1) is 25.5 Å². The van der Waals surface area contributed by atoms with Crippen molar-refractivity contribution in [1.82, 2.24) is 0 Å². The standard InChI is InChI=1S/C8H20O2P/c1-9-5-7-11(3,4)8-6-10-2/h5-8H2,1-4H3/q+1. The highest BCUT2D eigenvalue weighted by atomic mass is 31.2. The van der Waals surface area contributed by atoms with Crippen LogP contribution in [0.4, 0.5) is 0 Å². The van der Waals surface area contributed by atoms with E-state index in [4.69, 9.17) is 9.47 Å². The molecule has 0 aliphatic carbocycles. The van der Waals surface area contributed by atoms with Crippen LogP contribution in [0.25, 0.3) is 0 Å². The van der Waals surface area contributed by atoms with Gasteiger partial charge in [0.2, 0.25) is 0 Å². The van der Waals surface area contributed by atoms with Gasteiger partial charge in [0.25, 0.3) is 0 Å². The Morgan fingerprint density at radius 1 is 0.909 bits per heavy atom. The van der Waals surface area contributed by atoms with Gasteiger partial charge in [-0.1, -0.05) is 0 Å². The molecule has 0 unspecified atom stereocenters. The van der Waals surface area contributed by atoms with Gasteiger partial charge in [0.15, 0.2) is 0 Å². The first-order chi connectivity index (χ1) is 5.12. The molecule has 0 saturated carbocycles. The summed E-state index contributed by atoms with van der Waals surface area (Å²) in [5, 5.41) is 0. The van der Waals surface area contributed by atoms with E-state index in [0.717, 1.165) is 13.2 Å². The monoisotopic (exact) mass is 179 g/mol. The molecule has 0 N–H and O–H groups in total. The molecule has 0 amide bonds. The number of hydrogen-bond acceptors (Lipinski definition) is 2. The first-order valence-corrected chi connectivity index (χ1v) is 6.97. The summed E-state index contributed by atoms with van der Waals surface area (Å²) < 4.78 is 10.1. The van der Waals surface area contributed by atoms with Crippen molar-refractivity contribution in [3.8, 4) is 0 Å². The Morgan fingerprint density at radius 2 is 1.27 bits per heavy atom. The summed E-state index contributed by atoms with van der Waals surface area (Å²) in [4.78, 5) is 0. The molecular weight excluding hydrogens is 159 g/mol. The number of hydrogen-bond donors (Lipinski definition) is 0. The normalized spacial score (nSPS) is 12.0. The Labute approximate surface area is 70.6 Å². The van der Waals surface area contributed by atoms with Gasteiger partial charge in [0.1, 0.15) is 0 Å². The van der Waals surface area contributed by atoms with E-state index < -0.39 is 7.26 Å². The molecule has 0 bridgehead atoms. The van der Waals surface area contributed by atoms with Gasteiger partial charge in [-0.2, -0.15) is 0 Å². The van der Waals surface area contributed by atoms with Gasteiger partial charge < -0.3 is 9.47 Å². The molecule has 2 nitrogen and oxygen atoms in total. The zero-order valence-corrected chi connectivity index (χ0v) is 8.99. The van der Waals surface area contributed by atoms with Crippen LogP contribution in [0.2, 0.25) is 0 Å². The van der Waals surface area contributed by atoms with E-state index in [9.17, 15) is 0 Å². The Bertz CT molecular complexity index is 84.1. The summed E-state index contributed by atoms with van der Waals surface area (Å²) >= 11 is 0. The first kappa shape index (κ1) is 11.4. The van der Waals surface area contributed by atoms with E-state index in [1.165, 1.54) is 12.3 Å². The summed E-state index contributed by atoms with van der Waals surface area (Å²) in [6.45, 7) is 6.49. The minimum Gasteiger partial charge on any atom is -0.381 e. The zero-order valence-electron chi connectivity index (χ0n) is 8.09. The van der Waals surface area contributed by atoms with E-state index in [0.29, 0.717) is 0 Å². The summed E-state index contributed by atoms with van der Waals surface area (Å²) in [6, 6.07) is 0. The van der Waals surface area contributed by atoms with Crippen LogP contribution in [-0.2, 0) is 9.47 Å². The van der Waals surface area contributed by atoms with Crippen molar-refractivity contribution in [1.29, 1.82) is 0 Å². The minimum absolute atomic E-state index is 0.726. The lowest BCUT2D eigenvalue weighted by atomic mass is 10.8. The molecule has 0 spiro atoms. The Hall–Kier alpha value is 0.350. The number of ether oxygens (including phenoxy) is 2. The lowest BCUT2D eigenvalue weighted by molar-refractivity contribution is 0.213. The van der Waals surface area contributed by atoms with Crippen LogP contribution in [0.15, 0.2) is 0 Å². The van der Waals surface area contributed by atoms with Crippen molar-refractivity contribution in [3.63, 3.8) is 0 Å². The average Bonchev–Trinajstić information content (AvgIpc) is 1.97. The highest BCUT2D eigenvalue weighted by molar-refractivity contribution is 7.74. The maximum Gasteiger partial charge on any atom is 0.0823 e. The fraction of sp³-hybridized carbons (Fsp3) is 1.00. The van der Waals surface area contributed by atoms with Gasteiger partial charge in [-0.05, 0) is 0 Å². The first-order valence-electron chi connectivity index (χ1n) is 3.92. The van der Waals surface area contributed by atoms with Crippen LogP contribution in [0.5, 0.6) is 0 Å². The SMILES string of the molecule is COCC[P+](C)(C)CCOC. The fourth-order valence-corrected chi connectivity index (χ4v) is 2.37. The molecule has 0 aliphatic rings. The van der Waals surface area contributed by atoms with Crippen molar-refractivity contribution < 1.29 is 9.47 Å². The molecule has 0 saturated heterocycles. The van der Waals surface area contributed by atoms with Crippen molar-refractivity contribution in [2.75, 3.05) is 53.1 Å². The van der Waals surface area contributed by atoms with Crippen LogP contribution in [-0.4, -0.2) is 53.1 Å². The smallest absolute Gasteiger partial charge is 0.0823 e. The largest absolute Gasteiger partial charge is 0.381 e. The Kier molecular flexibility index (Phi) is 6.12. The third-order valence-corrected chi connectivity index (χ3v) is 4.59. The fourth-order valence-electron chi connectivity index (χ4n) is 0.789. The maximum atomic E-state index is 5.04. The molecular formula is C8H20O2P+. The van der Waals surface area contributed by atoms with Gasteiger partial charge in [-0.25, -0.2) is 0 Å². The lowest BCUT2D eigenvalue weighted by Crippen LogP contribution is -2.09. The van der Waals surface area contributed by atoms with Crippen molar-refractivity contribution in [3.05, 3.63) is 0 Å². The quantitative estimate of drug-likeness (QED) is 0.576. The summed E-state index contributed by atoms with van der Waals surface area (Å²) in [5.74, 6) is 0. The third-order valence-electron chi connectivity index (χ3n) is 1.80. The molecule has 0 fully saturated rings. The molecule has 0 heterocycles. The number of methoxy groups -OCH3 is 2. The molecule has 0 rings (SSSR count). The summed E-state index contributed by atoms with van der Waals surface area (Å²) in [7, 11) is 2.79. The Morgan fingerprint density at radius 3 is 1.55 bits per heavy atom. The van der Waals surface area contributed by atoms with Gasteiger partial charge in [-0.3, -0.25) is 0 Å². The minimum atomic E-state index is -0.726. The molecule has 0 aromatic heterocycles. The second kappa shape index (κ2) is 5.93. The second-order valence-corrected chi connectivity index (χ2v) is 8.13. The van der Waals surface area contributed by atoms with E-state index in [1.54, 1.807) is 14.2 Å². The van der Waals surface area contributed by atoms with Crippen molar-refractivity contribution >= 4 is 7.26 Å². The van der Waals surface area contributed by atoms with Gasteiger partial charge >= 0.3 is 0 Å². The van der Waals surface area contributed by atoms with Gasteiger partial charge in [0, 0.05) is 34.8 Å². The molecule has 0 atom stereocenters. The average molecular weight is 179 g/mol. The van der Waals surface area contributed by atoms with Crippen LogP contribution in [0, 0.1) is 0 Å². The highest BCUT2D eigenvalue weighted by Gasteiger charge is 2.23. The summed E-state index contributed by atoms with van der Waals surface area (Å²) in [5.41, 5.74) is 0. The lowest BCUT2D eigenvalue weighted by Gasteiger charge is -2.16. The van der Waals surface area contributed by atoms with Gasteiger partial charge in [-0.15, -0.1) is 0 Å². The van der Waals surface area contributed by atoms with Crippen LogP contribution in [0.1, 0.15) is 0 Å². The topological polar surface area (TPSA) is 18.5 Å². The van der Waals surface area contributed by atoms with E-state index in [1.807, 2.05) is 0 Å². The predicted octanol–water partition coefficient (Wildman–Crippen LogP) is 1.56. The summed E-state index contributed by atoms with van der Waals surface area (Å²) in [6.07, 6.45) is 2.43. The molecule has 0 aliphatic heterocycles. The highest BCUT2D eigenvalue weighted by Crippen LogP contribution is 2.50. The van der Waals surface area contributed by atoms with Crippen molar-refractivity contribution in [2.24, 2.45) is 0 Å². The molecule has 68 valence electrons. The molecule has 0 radical (unpaired) electrons. The third kappa shape index (κ3) is 6.74. The van der Waals surface area contributed by atoms with E-state index in [2.05, 4.69) is 13.3 Å². The van der Waals surface area contributed by atoms with Crippen molar-refractivity contribution in [2.45, 2.75) is 0 Å². The number of rotatable bonds is 6. The van der Waals surface area contributed by atoms with Crippen LogP contribution >= 0.6 is 7.26 Å². The molecule has 11 heavy (non-hydrogen) atoms. The molecule has 3 heteroatoms. The molecule has 0 aromatic rings. The van der Waals surface area contributed by atoms with E-state index >= 15 is 0 Å². The molecule has 0 aromatic carbocycles. The second-order valence-electron chi connectivity index (χ2n) is 3.37. The Balaban J connectivity index is 3.43. The maximum absolute atomic E-state index is 5.04. The van der Waals surface area contributed by atoms with Crippen LogP contribution in [0.3, 0.4) is 0 Å². The van der Waals surface area contributed by atoms with E-state index in [-0.39, 0.29) is 0 Å².